The smallest absolute Gasteiger partial charge is 0.251 e. The van der Waals surface area contributed by atoms with Crippen LogP contribution in [0, 0.1) is 0 Å². The molecule has 4 heteroatoms. The van der Waals surface area contributed by atoms with Gasteiger partial charge in [-0.3, -0.25) is 4.79 Å². The molecule has 0 bridgehead atoms. The van der Waals surface area contributed by atoms with Gasteiger partial charge in [-0.15, -0.1) is 0 Å². The van der Waals surface area contributed by atoms with E-state index in [1.165, 1.54) is 0 Å². The molecule has 3 N–H and O–H groups in total. The van der Waals surface area contributed by atoms with Crippen LogP contribution in [-0.2, 0) is 4.79 Å². The van der Waals surface area contributed by atoms with Crippen molar-refractivity contribution in [2.45, 2.75) is 6.42 Å². The summed E-state index contributed by atoms with van der Waals surface area (Å²) in [5.74, 6) is -0.0553. The van der Waals surface area contributed by atoms with E-state index in [-0.39, 0.29) is 5.91 Å². The Bertz CT molecular complexity index is 305. The standard InChI is InChI=1S/C10H13BrN2O/c11-7-8-1-3-9(4-2-8)10(14)13-6-5-12/h1,3-4,7H,2,5-6,12H2,(H,13,14). The van der Waals surface area contributed by atoms with Gasteiger partial charge in [0.15, 0.2) is 0 Å². The Morgan fingerprint density at radius 2 is 2.43 bits per heavy atom. The molecule has 0 fully saturated rings. The lowest BCUT2D eigenvalue weighted by atomic mass is 10.0. The summed E-state index contributed by atoms with van der Waals surface area (Å²) < 4.78 is 0. The minimum atomic E-state index is -0.0553. The van der Waals surface area contributed by atoms with Gasteiger partial charge in [0.2, 0.25) is 0 Å². The average molecular weight is 257 g/mol. The molecule has 0 aromatic rings. The molecule has 0 unspecified atom stereocenters. The van der Waals surface area contributed by atoms with Gasteiger partial charge in [0.05, 0.1) is 0 Å². The molecule has 0 saturated heterocycles. The van der Waals surface area contributed by atoms with Crippen molar-refractivity contribution in [3.63, 3.8) is 0 Å². The number of rotatable bonds is 3. The fraction of sp³-hybridized carbons (Fsp3) is 0.300. The molecule has 0 aromatic heterocycles. The van der Waals surface area contributed by atoms with E-state index in [0.29, 0.717) is 18.7 Å². The van der Waals surface area contributed by atoms with Gasteiger partial charge in [-0.25, -0.2) is 0 Å². The van der Waals surface area contributed by atoms with Gasteiger partial charge < -0.3 is 11.1 Å². The summed E-state index contributed by atoms with van der Waals surface area (Å²) in [6.45, 7) is 0.987. The van der Waals surface area contributed by atoms with Crippen LogP contribution in [0.3, 0.4) is 0 Å². The molecule has 0 heterocycles. The van der Waals surface area contributed by atoms with Crippen molar-refractivity contribution in [3.05, 3.63) is 34.4 Å². The third-order valence-electron chi connectivity index (χ3n) is 1.87. The SMILES string of the molecule is NCCNC(=O)C1=CCC(=CBr)C=C1. The highest BCUT2D eigenvalue weighted by Gasteiger charge is 2.08. The average Bonchev–Trinajstić information content (AvgIpc) is 2.26. The van der Waals surface area contributed by atoms with E-state index in [2.05, 4.69) is 21.2 Å². The summed E-state index contributed by atoms with van der Waals surface area (Å²) in [7, 11) is 0. The normalized spacial score (nSPS) is 18.1. The van der Waals surface area contributed by atoms with Gasteiger partial charge in [-0.05, 0) is 23.1 Å². The Labute approximate surface area is 91.9 Å². The molecule has 0 spiro atoms. The maximum atomic E-state index is 11.4. The maximum Gasteiger partial charge on any atom is 0.251 e. The van der Waals surface area contributed by atoms with Gasteiger partial charge in [-0.1, -0.05) is 28.1 Å². The lowest BCUT2D eigenvalue weighted by molar-refractivity contribution is -0.117. The summed E-state index contributed by atoms with van der Waals surface area (Å²) in [5.41, 5.74) is 7.14. The van der Waals surface area contributed by atoms with Gasteiger partial charge in [0.25, 0.3) is 5.91 Å². The van der Waals surface area contributed by atoms with E-state index in [4.69, 9.17) is 5.73 Å². The summed E-state index contributed by atoms with van der Waals surface area (Å²) in [5, 5.41) is 2.72. The van der Waals surface area contributed by atoms with E-state index in [1.807, 2.05) is 23.2 Å². The molecule has 1 aliphatic rings. The predicted molar refractivity (Wildman–Crippen MR) is 60.9 cm³/mol. The number of hydrogen-bond acceptors (Lipinski definition) is 2. The Morgan fingerprint density at radius 1 is 1.64 bits per heavy atom. The van der Waals surface area contributed by atoms with Crippen molar-refractivity contribution in [2.75, 3.05) is 13.1 Å². The van der Waals surface area contributed by atoms with Crippen molar-refractivity contribution in [1.29, 1.82) is 0 Å². The molecule has 0 aliphatic heterocycles. The second kappa shape index (κ2) is 5.78. The Hall–Kier alpha value is -0.870. The van der Waals surface area contributed by atoms with Gasteiger partial charge in [-0.2, -0.15) is 0 Å². The van der Waals surface area contributed by atoms with Crippen molar-refractivity contribution < 1.29 is 4.79 Å². The van der Waals surface area contributed by atoms with E-state index in [1.54, 1.807) is 0 Å². The number of carbonyl (C=O) groups is 1. The summed E-state index contributed by atoms with van der Waals surface area (Å²) in [6.07, 6.45) is 6.42. The van der Waals surface area contributed by atoms with E-state index < -0.39 is 0 Å². The number of carbonyl (C=O) groups excluding carboxylic acids is 1. The van der Waals surface area contributed by atoms with Gasteiger partial charge in [0.1, 0.15) is 0 Å². The van der Waals surface area contributed by atoms with E-state index >= 15 is 0 Å². The summed E-state index contributed by atoms with van der Waals surface area (Å²) in [4.78, 5) is 13.3. The van der Waals surface area contributed by atoms with Crippen molar-refractivity contribution in [1.82, 2.24) is 5.32 Å². The zero-order chi connectivity index (χ0) is 10.4. The van der Waals surface area contributed by atoms with Crippen LogP contribution in [-0.4, -0.2) is 19.0 Å². The van der Waals surface area contributed by atoms with Gasteiger partial charge in [0, 0.05) is 18.7 Å². The molecular weight excluding hydrogens is 244 g/mol. The molecule has 0 atom stereocenters. The second-order valence-electron chi connectivity index (χ2n) is 2.93. The number of hydrogen-bond donors (Lipinski definition) is 2. The predicted octanol–water partition coefficient (Wildman–Crippen LogP) is 1.23. The van der Waals surface area contributed by atoms with Crippen LogP contribution in [0.1, 0.15) is 6.42 Å². The summed E-state index contributed by atoms with van der Waals surface area (Å²) >= 11 is 3.25. The highest BCUT2D eigenvalue weighted by Crippen LogP contribution is 2.16. The number of nitrogens with one attached hydrogen (secondary N) is 1. The first-order valence-electron chi connectivity index (χ1n) is 4.43. The van der Waals surface area contributed by atoms with Crippen molar-refractivity contribution in [3.8, 4) is 0 Å². The fourth-order valence-electron chi connectivity index (χ4n) is 1.10. The zero-order valence-corrected chi connectivity index (χ0v) is 9.38. The van der Waals surface area contributed by atoms with Crippen LogP contribution in [0.2, 0.25) is 0 Å². The topological polar surface area (TPSA) is 55.1 Å². The molecule has 3 nitrogen and oxygen atoms in total. The highest BCUT2D eigenvalue weighted by atomic mass is 79.9. The van der Waals surface area contributed by atoms with Crippen LogP contribution in [0.15, 0.2) is 34.4 Å². The lowest BCUT2D eigenvalue weighted by Gasteiger charge is -2.08. The Morgan fingerprint density at radius 3 is 2.93 bits per heavy atom. The van der Waals surface area contributed by atoms with Gasteiger partial charge >= 0.3 is 0 Å². The largest absolute Gasteiger partial charge is 0.351 e. The maximum absolute atomic E-state index is 11.4. The first-order chi connectivity index (χ1) is 6.77. The highest BCUT2D eigenvalue weighted by molar-refractivity contribution is 9.11. The van der Waals surface area contributed by atoms with Crippen LogP contribution < -0.4 is 11.1 Å². The van der Waals surface area contributed by atoms with Crippen LogP contribution in [0.4, 0.5) is 0 Å². The van der Waals surface area contributed by atoms with Crippen LogP contribution in [0.5, 0.6) is 0 Å². The lowest BCUT2D eigenvalue weighted by Crippen LogP contribution is -2.30. The number of amides is 1. The Balaban J connectivity index is 2.52. The minimum absolute atomic E-state index is 0.0553. The molecule has 0 aromatic carbocycles. The molecule has 0 radical (unpaired) electrons. The molecule has 0 saturated carbocycles. The van der Waals surface area contributed by atoms with Crippen LogP contribution in [0.25, 0.3) is 0 Å². The first-order valence-corrected chi connectivity index (χ1v) is 5.35. The van der Waals surface area contributed by atoms with E-state index in [0.717, 1.165) is 12.0 Å². The van der Waals surface area contributed by atoms with Crippen LogP contribution >= 0.6 is 15.9 Å². The Kier molecular flexibility index (Phi) is 4.62. The number of halogens is 1. The monoisotopic (exact) mass is 256 g/mol. The molecule has 76 valence electrons. The molecule has 1 rings (SSSR count). The second-order valence-corrected chi connectivity index (χ2v) is 3.38. The fourth-order valence-corrected chi connectivity index (χ4v) is 1.44. The molecular formula is C10H13BrN2O. The summed E-state index contributed by atoms with van der Waals surface area (Å²) in [6, 6.07) is 0. The third-order valence-corrected chi connectivity index (χ3v) is 2.45. The first kappa shape index (κ1) is 11.2. The third kappa shape index (κ3) is 3.12. The van der Waals surface area contributed by atoms with Crippen molar-refractivity contribution >= 4 is 21.8 Å². The minimum Gasteiger partial charge on any atom is -0.351 e. The number of nitrogens with two attached hydrogens (primary N) is 1. The number of allylic oxidation sites excluding steroid dienone is 3. The molecule has 14 heavy (non-hydrogen) atoms. The van der Waals surface area contributed by atoms with E-state index in [9.17, 15) is 4.79 Å². The quantitative estimate of drug-likeness (QED) is 0.798. The molecule has 1 aliphatic carbocycles. The van der Waals surface area contributed by atoms with Crippen molar-refractivity contribution in [2.24, 2.45) is 5.73 Å². The zero-order valence-electron chi connectivity index (χ0n) is 7.79. The molecule has 1 amide bonds.